The summed E-state index contributed by atoms with van der Waals surface area (Å²) in [4.78, 5) is 8.69. The first-order chi connectivity index (χ1) is 7.95. The summed E-state index contributed by atoms with van der Waals surface area (Å²) in [6.45, 7) is 0. The largest absolute Gasteiger partial charge is 0.254 e. The summed E-state index contributed by atoms with van der Waals surface area (Å²) in [5.74, 6) is 0. The van der Waals surface area contributed by atoms with Gasteiger partial charge >= 0.3 is 27.7 Å². The minimum atomic E-state index is 0. The van der Waals surface area contributed by atoms with Gasteiger partial charge in [0.05, 0.1) is 11.0 Å². The smallest absolute Gasteiger partial charge is 0.0964 e. The molecule has 2 nitrogen and oxygen atoms in total. The van der Waals surface area contributed by atoms with E-state index in [0.717, 1.165) is 21.8 Å². The maximum Gasteiger partial charge on any atom is 0.0964 e. The molecule has 0 fully saturated rings. The van der Waals surface area contributed by atoms with Crippen LogP contribution in [0, 0.1) is 0 Å². The molecule has 1 aromatic carbocycles. The molecule has 0 spiro atoms. The summed E-state index contributed by atoms with van der Waals surface area (Å²) in [6.07, 6.45) is 3.60. The van der Waals surface area contributed by atoms with Crippen LogP contribution in [0.4, 0.5) is 0 Å². The maximum absolute atomic E-state index is 4.69. The molecule has 3 aromatic rings. The molecule has 19 heavy (non-hydrogen) atoms. The third-order valence-electron chi connectivity index (χ3n) is 2.34. The van der Waals surface area contributed by atoms with Crippen molar-refractivity contribution in [3.05, 3.63) is 48.8 Å². The molecule has 0 N–H and O–H groups in total. The first kappa shape index (κ1) is 21.8. The molecule has 0 aliphatic carbocycles. The van der Waals surface area contributed by atoms with Gasteiger partial charge in [-0.2, -0.15) is 0 Å². The molecule has 2 aromatic heterocycles. The minimum Gasteiger partial charge on any atom is -0.254 e. The number of pyridine rings is 2. The molecule has 0 aliphatic heterocycles. The SMILES string of the molecule is [Cl][Re].[Co].[Co].[Co].c1cnc2c(c1)ccc1cccnc12. The summed E-state index contributed by atoms with van der Waals surface area (Å²) in [5, 5.41) is 2.28. The average Bonchev–Trinajstić information content (AvgIpc) is 2.41. The second-order valence-corrected chi connectivity index (χ2v) is 3.22. The number of hydrogen-bond donors (Lipinski definition) is 0. The summed E-state index contributed by atoms with van der Waals surface area (Å²) in [7, 11) is 4.69. The Bertz CT molecular complexity index is 570. The van der Waals surface area contributed by atoms with E-state index in [1.807, 2.05) is 12.1 Å². The second kappa shape index (κ2) is 11.2. The normalized spacial score (nSPS) is 8.32. The molecular formula is C12H8ClCo3N2Re. The van der Waals surface area contributed by atoms with Crippen molar-refractivity contribution in [3.63, 3.8) is 0 Å². The van der Waals surface area contributed by atoms with E-state index in [9.17, 15) is 0 Å². The van der Waals surface area contributed by atoms with Crippen LogP contribution in [0.5, 0.6) is 0 Å². The van der Waals surface area contributed by atoms with Gasteiger partial charge in [0.25, 0.3) is 0 Å². The van der Waals surface area contributed by atoms with E-state index >= 15 is 0 Å². The molecule has 7 heteroatoms. The van der Waals surface area contributed by atoms with Crippen molar-refractivity contribution in [1.82, 2.24) is 9.97 Å². The monoisotopic (exact) mass is 579 g/mol. The van der Waals surface area contributed by atoms with Crippen molar-refractivity contribution in [1.29, 1.82) is 0 Å². The Morgan fingerprint density at radius 2 is 1.05 bits per heavy atom. The van der Waals surface area contributed by atoms with E-state index in [2.05, 4.69) is 34.2 Å². The van der Waals surface area contributed by atoms with Crippen LogP contribution in [-0.2, 0) is 68.5 Å². The zero-order valence-corrected chi connectivity index (χ0v) is 15.9. The molecule has 0 bridgehead atoms. The molecule has 0 saturated heterocycles. The predicted octanol–water partition coefficient (Wildman–Crippen LogP) is 3.46. The van der Waals surface area contributed by atoms with E-state index in [4.69, 9.17) is 9.53 Å². The molecule has 0 unspecified atom stereocenters. The quantitative estimate of drug-likeness (QED) is 0.382. The third kappa shape index (κ3) is 5.08. The Hall–Kier alpha value is 0.512. The van der Waals surface area contributed by atoms with Crippen LogP contribution in [0.1, 0.15) is 0 Å². The van der Waals surface area contributed by atoms with Crippen molar-refractivity contribution in [2.75, 3.05) is 0 Å². The van der Waals surface area contributed by atoms with Gasteiger partial charge in [-0.3, -0.25) is 9.97 Å². The fourth-order valence-electron chi connectivity index (χ4n) is 1.68. The van der Waals surface area contributed by atoms with Crippen molar-refractivity contribution in [2.45, 2.75) is 0 Å². The van der Waals surface area contributed by atoms with Crippen LogP contribution in [0.25, 0.3) is 21.8 Å². The van der Waals surface area contributed by atoms with Crippen LogP contribution in [0.3, 0.4) is 0 Å². The standard InChI is InChI=1S/C12H8N2.ClH.3Co.Re/c1-3-9-5-6-10-4-2-8-14-12(10)11(9)13-7-1;;;;;/h1-8H;1H;;;;/q;;;;;+1/p-1. The van der Waals surface area contributed by atoms with Crippen LogP contribution < -0.4 is 0 Å². The van der Waals surface area contributed by atoms with Crippen molar-refractivity contribution >= 4 is 31.3 Å². The number of nitrogens with zero attached hydrogens (tertiary/aromatic N) is 2. The van der Waals surface area contributed by atoms with Gasteiger partial charge in [-0.1, -0.05) is 24.3 Å². The van der Waals surface area contributed by atoms with Crippen LogP contribution in [0.15, 0.2) is 48.8 Å². The number of halogens is 1. The van der Waals surface area contributed by atoms with Crippen LogP contribution >= 0.6 is 9.53 Å². The van der Waals surface area contributed by atoms with E-state index in [0.29, 0.717) is 0 Å². The number of fused-ring (bicyclic) bond motifs is 3. The average molecular weight is 579 g/mol. The third-order valence-corrected chi connectivity index (χ3v) is 2.34. The second-order valence-electron chi connectivity index (χ2n) is 3.22. The van der Waals surface area contributed by atoms with Gasteiger partial charge in [0.1, 0.15) is 0 Å². The van der Waals surface area contributed by atoms with E-state index < -0.39 is 0 Å². The fraction of sp³-hybridized carbons (Fsp3) is 0. The van der Waals surface area contributed by atoms with Gasteiger partial charge in [0.2, 0.25) is 0 Å². The molecular weight excluding hydrogens is 571 g/mol. The molecule has 2 heterocycles. The van der Waals surface area contributed by atoms with E-state index in [1.165, 1.54) is 18.2 Å². The summed E-state index contributed by atoms with van der Waals surface area (Å²) in [5.41, 5.74) is 1.95. The van der Waals surface area contributed by atoms with Gasteiger partial charge in [0.15, 0.2) is 0 Å². The summed E-state index contributed by atoms with van der Waals surface area (Å²) < 4.78 is 0. The van der Waals surface area contributed by atoms with Gasteiger partial charge in [-0.15, -0.1) is 0 Å². The first-order valence-electron chi connectivity index (χ1n) is 4.68. The number of rotatable bonds is 0. The Labute approximate surface area is 157 Å². The van der Waals surface area contributed by atoms with Crippen LogP contribution in [-0.4, -0.2) is 9.97 Å². The van der Waals surface area contributed by atoms with Gasteiger partial charge in [0, 0.05) is 73.5 Å². The summed E-state index contributed by atoms with van der Waals surface area (Å²) >= 11 is 1.19. The molecule has 0 amide bonds. The van der Waals surface area contributed by atoms with Gasteiger partial charge in [-0.05, 0) is 12.1 Å². The topological polar surface area (TPSA) is 25.8 Å². The number of benzene rings is 1. The number of hydrogen-bond acceptors (Lipinski definition) is 2. The molecule has 3 radical (unpaired) electrons. The molecule has 0 aliphatic rings. The minimum absolute atomic E-state index is 0. The molecule has 3 rings (SSSR count). The maximum atomic E-state index is 4.69. The van der Waals surface area contributed by atoms with Crippen molar-refractivity contribution in [2.24, 2.45) is 0 Å². The molecule has 0 saturated carbocycles. The molecule has 0 atom stereocenters. The van der Waals surface area contributed by atoms with E-state index in [-0.39, 0.29) is 50.3 Å². The predicted molar refractivity (Wildman–Crippen MR) is 62.9 cm³/mol. The van der Waals surface area contributed by atoms with Crippen LogP contribution in [0.2, 0.25) is 0 Å². The Morgan fingerprint density at radius 3 is 1.42 bits per heavy atom. The van der Waals surface area contributed by atoms with E-state index in [1.54, 1.807) is 12.4 Å². The zero-order chi connectivity index (χ0) is 11.4. The summed E-state index contributed by atoms with van der Waals surface area (Å²) in [6, 6.07) is 12.1. The van der Waals surface area contributed by atoms with Crippen molar-refractivity contribution < 1.29 is 68.5 Å². The first-order valence-corrected chi connectivity index (χ1v) is 8.04. The Balaban J connectivity index is 0. The zero-order valence-electron chi connectivity index (χ0n) is 9.27. The van der Waals surface area contributed by atoms with Gasteiger partial charge < -0.3 is 0 Å². The number of aromatic nitrogens is 2. The Morgan fingerprint density at radius 1 is 0.684 bits per heavy atom. The fourth-order valence-corrected chi connectivity index (χ4v) is 1.68. The van der Waals surface area contributed by atoms with Gasteiger partial charge in [-0.25, -0.2) is 0 Å². The van der Waals surface area contributed by atoms with Crippen molar-refractivity contribution in [3.8, 4) is 0 Å². The molecule has 107 valence electrons. The Kier molecular flexibility index (Phi) is 12.9.